The van der Waals surface area contributed by atoms with Gasteiger partial charge in [0.1, 0.15) is 11.5 Å². The van der Waals surface area contributed by atoms with Crippen molar-refractivity contribution in [2.75, 3.05) is 19.1 Å². The van der Waals surface area contributed by atoms with Crippen molar-refractivity contribution < 1.29 is 29.0 Å². The highest BCUT2D eigenvalue weighted by atomic mass is 16.5. The van der Waals surface area contributed by atoms with Crippen molar-refractivity contribution in [1.82, 2.24) is 0 Å². The van der Waals surface area contributed by atoms with Gasteiger partial charge in [-0.25, -0.2) is 4.79 Å². The standard InChI is InChI=1S/C28H25NO6/c1-16-9-10-17(2)21(15-16)25(30)23-24(20-7-5-6-8-22(20)34-3)29(27(32)26(23)31)19-13-11-18(12-14-19)28(33)35-4/h5-15,24,30H,1-4H3/b25-23+. The Morgan fingerprint density at radius 3 is 2.29 bits per heavy atom. The van der Waals surface area contributed by atoms with E-state index in [-0.39, 0.29) is 11.3 Å². The normalized spacial score (nSPS) is 16.9. The molecule has 0 aromatic heterocycles. The summed E-state index contributed by atoms with van der Waals surface area (Å²) in [6.45, 7) is 3.71. The lowest BCUT2D eigenvalue weighted by Crippen LogP contribution is -2.29. The Morgan fingerprint density at radius 2 is 1.63 bits per heavy atom. The quantitative estimate of drug-likeness (QED) is 0.250. The van der Waals surface area contributed by atoms with Crippen LogP contribution in [-0.2, 0) is 14.3 Å². The topological polar surface area (TPSA) is 93.1 Å². The van der Waals surface area contributed by atoms with Crippen molar-refractivity contribution >= 4 is 29.1 Å². The van der Waals surface area contributed by atoms with Gasteiger partial charge in [0.2, 0.25) is 0 Å². The highest BCUT2D eigenvalue weighted by Crippen LogP contribution is 2.45. The number of para-hydroxylation sites is 1. The molecule has 0 radical (unpaired) electrons. The highest BCUT2D eigenvalue weighted by molar-refractivity contribution is 6.51. The van der Waals surface area contributed by atoms with Gasteiger partial charge in [0.15, 0.2) is 0 Å². The summed E-state index contributed by atoms with van der Waals surface area (Å²) in [6.07, 6.45) is 0. The molecule has 1 saturated heterocycles. The van der Waals surface area contributed by atoms with E-state index in [9.17, 15) is 19.5 Å². The van der Waals surface area contributed by atoms with Crippen LogP contribution in [0.3, 0.4) is 0 Å². The average Bonchev–Trinajstić information content (AvgIpc) is 3.14. The van der Waals surface area contributed by atoms with Gasteiger partial charge in [-0.3, -0.25) is 14.5 Å². The molecule has 7 nitrogen and oxygen atoms in total. The molecule has 1 fully saturated rings. The van der Waals surface area contributed by atoms with Crippen LogP contribution in [0.15, 0.2) is 72.3 Å². The molecule has 35 heavy (non-hydrogen) atoms. The molecule has 3 aromatic rings. The van der Waals surface area contributed by atoms with Gasteiger partial charge in [0.25, 0.3) is 11.7 Å². The number of Topliss-reactive ketones (excluding diaryl/α,β-unsaturated/α-hetero) is 1. The lowest BCUT2D eigenvalue weighted by atomic mass is 9.92. The molecule has 1 heterocycles. The fraction of sp³-hybridized carbons (Fsp3) is 0.179. The van der Waals surface area contributed by atoms with Crippen LogP contribution in [0.4, 0.5) is 5.69 Å². The molecule has 4 rings (SSSR count). The Bertz CT molecular complexity index is 1360. The Morgan fingerprint density at radius 1 is 0.943 bits per heavy atom. The summed E-state index contributed by atoms with van der Waals surface area (Å²) in [7, 11) is 2.78. The molecule has 7 heteroatoms. The number of rotatable bonds is 5. The van der Waals surface area contributed by atoms with E-state index >= 15 is 0 Å². The van der Waals surface area contributed by atoms with Gasteiger partial charge < -0.3 is 14.6 Å². The third kappa shape index (κ3) is 4.17. The van der Waals surface area contributed by atoms with Crippen LogP contribution in [0.5, 0.6) is 5.75 Å². The number of aliphatic hydroxyl groups excluding tert-OH is 1. The van der Waals surface area contributed by atoms with Crippen molar-refractivity contribution in [1.29, 1.82) is 0 Å². The van der Waals surface area contributed by atoms with Crippen molar-refractivity contribution in [2.24, 2.45) is 0 Å². The summed E-state index contributed by atoms with van der Waals surface area (Å²) in [5.74, 6) is -1.92. The first-order valence-corrected chi connectivity index (χ1v) is 11.0. The molecule has 0 saturated carbocycles. The number of ether oxygens (including phenoxy) is 2. The largest absolute Gasteiger partial charge is 0.507 e. The van der Waals surface area contributed by atoms with Crippen molar-refractivity contribution in [3.63, 3.8) is 0 Å². The highest BCUT2D eigenvalue weighted by Gasteiger charge is 2.48. The van der Waals surface area contributed by atoms with E-state index in [1.165, 1.54) is 31.3 Å². The number of aryl methyl sites for hydroxylation is 2. The molecule has 178 valence electrons. The summed E-state index contributed by atoms with van der Waals surface area (Å²) < 4.78 is 10.3. The molecule has 1 amide bonds. The first kappa shape index (κ1) is 23.8. The number of amides is 1. The van der Waals surface area contributed by atoms with Crippen LogP contribution in [0.25, 0.3) is 5.76 Å². The number of methoxy groups -OCH3 is 2. The molecule has 0 bridgehead atoms. The first-order valence-electron chi connectivity index (χ1n) is 11.0. The Labute approximate surface area is 203 Å². The predicted octanol–water partition coefficient (Wildman–Crippen LogP) is 4.72. The van der Waals surface area contributed by atoms with E-state index < -0.39 is 23.7 Å². The van der Waals surface area contributed by atoms with E-state index in [2.05, 4.69) is 0 Å². The number of benzene rings is 3. The summed E-state index contributed by atoms with van der Waals surface area (Å²) in [5, 5.41) is 11.4. The third-order valence-corrected chi connectivity index (χ3v) is 6.09. The summed E-state index contributed by atoms with van der Waals surface area (Å²) in [5.41, 5.74) is 3.33. The van der Waals surface area contributed by atoms with Crippen molar-refractivity contribution in [2.45, 2.75) is 19.9 Å². The number of anilines is 1. The van der Waals surface area contributed by atoms with Gasteiger partial charge in [-0.2, -0.15) is 0 Å². The zero-order valence-electron chi connectivity index (χ0n) is 19.9. The number of hydrogen-bond acceptors (Lipinski definition) is 6. The fourth-order valence-electron chi connectivity index (χ4n) is 4.30. The lowest BCUT2D eigenvalue weighted by Gasteiger charge is -2.27. The predicted molar refractivity (Wildman–Crippen MR) is 131 cm³/mol. The molecule has 1 aliphatic rings. The second-order valence-corrected chi connectivity index (χ2v) is 8.27. The minimum Gasteiger partial charge on any atom is -0.507 e. The number of carbonyl (C=O) groups excluding carboxylic acids is 3. The molecule has 3 aromatic carbocycles. The average molecular weight is 472 g/mol. The monoisotopic (exact) mass is 471 g/mol. The molecule has 0 spiro atoms. The van der Waals surface area contributed by atoms with Gasteiger partial charge in [-0.15, -0.1) is 0 Å². The van der Waals surface area contributed by atoms with Gasteiger partial charge >= 0.3 is 5.97 Å². The minimum absolute atomic E-state index is 0.0368. The maximum atomic E-state index is 13.4. The molecule has 1 atom stereocenters. The van der Waals surface area contributed by atoms with Gasteiger partial charge in [0.05, 0.1) is 31.4 Å². The lowest BCUT2D eigenvalue weighted by molar-refractivity contribution is -0.132. The van der Waals surface area contributed by atoms with E-state index in [1.54, 1.807) is 42.5 Å². The molecule has 1 unspecified atom stereocenters. The molecular weight excluding hydrogens is 446 g/mol. The number of hydrogen-bond donors (Lipinski definition) is 1. The Balaban J connectivity index is 1.96. The smallest absolute Gasteiger partial charge is 0.337 e. The van der Waals surface area contributed by atoms with Crippen LogP contribution < -0.4 is 9.64 Å². The van der Waals surface area contributed by atoms with Crippen LogP contribution in [0.2, 0.25) is 0 Å². The van der Waals surface area contributed by atoms with Gasteiger partial charge in [-0.1, -0.05) is 35.9 Å². The van der Waals surface area contributed by atoms with Crippen molar-refractivity contribution in [3.05, 3.63) is 100 Å². The molecule has 1 N–H and O–H groups in total. The van der Waals surface area contributed by atoms with E-state index in [0.717, 1.165) is 11.1 Å². The van der Waals surface area contributed by atoms with Crippen LogP contribution >= 0.6 is 0 Å². The first-order chi connectivity index (χ1) is 16.8. The zero-order chi connectivity index (χ0) is 25.3. The number of aliphatic hydroxyl groups is 1. The summed E-state index contributed by atoms with van der Waals surface area (Å²) in [6, 6.07) is 17.8. The minimum atomic E-state index is -0.949. The van der Waals surface area contributed by atoms with Crippen LogP contribution in [0, 0.1) is 13.8 Å². The van der Waals surface area contributed by atoms with Crippen molar-refractivity contribution in [3.8, 4) is 5.75 Å². The van der Waals surface area contributed by atoms with Crippen LogP contribution in [-0.4, -0.2) is 37.0 Å². The maximum Gasteiger partial charge on any atom is 0.337 e. The Hall–Kier alpha value is -4.39. The second kappa shape index (κ2) is 9.46. The zero-order valence-corrected chi connectivity index (χ0v) is 19.9. The molecule has 1 aliphatic heterocycles. The van der Waals surface area contributed by atoms with Gasteiger partial charge in [-0.05, 0) is 55.8 Å². The van der Waals surface area contributed by atoms with E-state index in [0.29, 0.717) is 28.1 Å². The number of carbonyl (C=O) groups is 3. The Kier molecular flexibility index (Phi) is 6.42. The van der Waals surface area contributed by atoms with E-state index in [4.69, 9.17) is 9.47 Å². The number of ketones is 1. The third-order valence-electron chi connectivity index (χ3n) is 6.09. The molecule has 0 aliphatic carbocycles. The SMILES string of the molecule is COC(=O)c1ccc(N2C(=O)C(=O)/C(=C(/O)c3cc(C)ccc3C)C2c2ccccc2OC)cc1. The van der Waals surface area contributed by atoms with Crippen LogP contribution in [0.1, 0.15) is 38.7 Å². The fourth-order valence-corrected chi connectivity index (χ4v) is 4.30. The summed E-state index contributed by atoms with van der Waals surface area (Å²) >= 11 is 0. The molecular formula is C28H25NO6. The number of nitrogens with zero attached hydrogens (tertiary/aromatic N) is 1. The maximum absolute atomic E-state index is 13.4. The summed E-state index contributed by atoms with van der Waals surface area (Å²) in [4.78, 5) is 39.9. The second-order valence-electron chi connectivity index (χ2n) is 8.27. The van der Waals surface area contributed by atoms with Gasteiger partial charge in [0, 0.05) is 16.8 Å². The van der Waals surface area contributed by atoms with E-state index in [1.807, 2.05) is 26.0 Å². The number of esters is 1.